The summed E-state index contributed by atoms with van der Waals surface area (Å²) in [6.07, 6.45) is 0. The van der Waals surface area contributed by atoms with E-state index in [1.165, 1.54) is 11.8 Å². The zero-order chi connectivity index (χ0) is 21.3. The van der Waals surface area contributed by atoms with Gasteiger partial charge in [-0.3, -0.25) is 9.20 Å². The summed E-state index contributed by atoms with van der Waals surface area (Å²) >= 11 is 1.36. The largest absolute Gasteiger partial charge is 0.497 e. The Morgan fingerprint density at radius 1 is 1.13 bits per heavy atom. The fraction of sp³-hybridized carbons (Fsp3) is 0.227. The smallest absolute Gasteiger partial charge is 0.234 e. The zero-order valence-electron chi connectivity index (χ0n) is 17.3. The van der Waals surface area contributed by atoms with Gasteiger partial charge in [-0.1, -0.05) is 11.8 Å². The number of anilines is 2. The Morgan fingerprint density at radius 3 is 2.60 bits per heavy atom. The van der Waals surface area contributed by atoms with E-state index in [1.807, 2.05) is 72.8 Å². The van der Waals surface area contributed by atoms with E-state index in [2.05, 4.69) is 21.6 Å². The van der Waals surface area contributed by atoms with E-state index >= 15 is 0 Å². The molecule has 0 bridgehead atoms. The highest BCUT2D eigenvalue weighted by atomic mass is 32.2. The van der Waals surface area contributed by atoms with Gasteiger partial charge in [0.25, 0.3) is 0 Å². The predicted molar refractivity (Wildman–Crippen MR) is 122 cm³/mol. The second-order valence-corrected chi connectivity index (χ2v) is 8.11. The van der Waals surface area contributed by atoms with E-state index in [4.69, 9.17) is 4.74 Å². The number of nitrogens with zero attached hydrogens (tertiary/aromatic N) is 4. The molecule has 0 spiro atoms. The quantitative estimate of drug-likeness (QED) is 0.475. The van der Waals surface area contributed by atoms with E-state index in [1.54, 1.807) is 7.11 Å². The average molecular weight is 422 g/mol. The van der Waals surface area contributed by atoms with Gasteiger partial charge >= 0.3 is 0 Å². The van der Waals surface area contributed by atoms with Crippen LogP contribution >= 0.6 is 11.8 Å². The summed E-state index contributed by atoms with van der Waals surface area (Å²) in [4.78, 5) is 14.5. The number of aryl methyl sites for hydroxylation is 1. The molecule has 0 saturated carbocycles. The number of rotatable bonds is 6. The van der Waals surface area contributed by atoms with E-state index in [-0.39, 0.29) is 11.7 Å². The third-order valence-electron chi connectivity index (χ3n) is 4.84. The van der Waals surface area contributed by atoms with Crippen LogP contribution in [0.5, 0.6) is 5.75 Å². The molecule has 0 radical (unpaired) electrons. The van der Waals surface area contributed by atoms with Crippen molar-refractivity contribution in [1.82, 2.24) is 14.6 Å². The Hall–Kier alpha value is -3.26. The molecular formula is C22H23N5O2S. The summed E-state index contributed by atoms with van der Waals surface area (Å²) in [7, 11) is 5.60. The van der Waals surface area contributed by atoms with Crippen LogP contribution in [0.3, 0.4) is 0 Å². The fourth-order valence-corrected chi connectivity index (χ4v) is 4.01. The van der Waals surface area contributed by atoms with Gasteiger partial charge in [-0.15, -0.1) is 10.2 Å². The maximum Gasteiger partial charge on any atom is 0.234 e. The first-order chi connectivity index (χ1) is 14.5. The lowest BCUT2D eigenvalue weighted by molar-refractivity contribution is -0.113. The summed E-state index contributed by atoms with van der Waals surface area (Å²) in [6.45, 7) is 2.01. The molecule has 154 valence electrons. The number of thioether (sulfide) groups is 1. The lowest BCUT2D eigenvalue weighted by atomic mass is 10.1. The van der Waals surface area contributed by atoms with Crippen LogP contribution in [-0.4, -0.2) is 47.5 Å². The molecule has 0 aliphatic carbocycles. The number of fused-ring (bicyclic) bond motifs is 3. The number of carbonyl (C=O) groups is 1. The van der Waals surface area contributed by atoms with Crippen molar-refractivity contribution in [2.75, 3.05) is 37.2 Å². The second-order valence-electron chi connectivity index (χ2n) is 7.17. The number of pyridine rings is 1. The Labute approximate surface area is 179 Å². The van der Waals surface area contributed by atoms with Crippen molar-refractivity contribution in [3.63, 3.8) is 0 Å². The maximum absolute atomic E-state index is 12.5. The van der Waals surface area contributed by atoms with Crippen LogP contribution in [-0.2, 0) is 4.79 Å². The molecule has 8 heteroatoms. The van der Waals surface area contributed by atoms with Crippen molar-refractivity contribution in [2.45, 2.75) is 12.1 Å². The summed E-state index contributed by atoms with van der Waals surface area (Å²) in [5, 5.41) is 13.3. The van der Waals surface area contributed by atoms with Gasteiger partial charge in [0.2, 0.25) is 5.91 Å². The Bertz CT molecular complexity index is 1220. The topological polar surface area (TPSA) is 71.8 Å². The van der Waals surface area contributed by atoms with E-state index < -0.39 is 0 Å². The van der Waals surface area contributed by atoms with E-state index in [0.29, 0.717) is 5.16 Å². The molecule has 4 aromatic rings. The van der Waals surface area contributed by atoms with Gasteiger partial charge in [0.15, 0.2) is 10.8 Å². The van der Waals surface area contributed by atoms with Crippen molar-refractivity contribution in [2.24, 2.45) is 0 Å². The molecule has 0 aliphatic heterocycles. The molecule has 0 fully saturated rings. The lowest BCUT2D eigenvalue weighted by Gasteiger charge is -2.13. The van der Waals surface area contributed by atoms with Crippen LogP contribution in [0.2, 0.25) is 0 Å². The monoisotopic (exact) mass is 421 g/mol. The van der Waals surface area contributed by atoms with Gasteiger partial charge in [-0.25, -0.2) is 0 Å². The summed E-state index contributed by atoms with van der Waals surface area (Å²) in [5.74, 6) is 0.899. The number of hydrogen-bond acceptors (Lipinski definition) is 6. The van der Waals surface area contributed by atoms with Crippen molar-refractivity contribution >= 4 is 45.6 Å². The summed E-state index contributed by atoms with van der Waals surface area (Å²) in [6, 6.07) is 15.7. The Kier molecular flexibility index (Phi) is 5.50. The van der Waals surface area contributed by atoms with Crippen LogP contribution in [0.25, 0.3) is 16.6 Å². The molecule has 0 aliphatic rings. The fourth-order valence-electron chi connectivity index (χ4n) is 3.27. The highest BCUT2D eigenvalue weighted by molar-refractivity contribution is 7.99. The van der Waals surface area contributed by atoms with Crippen molar-refractivity contribution < 1.29 is 9.53 Å². The minimum absolute atomic E-state index is 0.0936. The first kappa shape index (κ1) is 20.0. The van der Waals surface area contributed by atoms with E-state index in [9.17, 15) is 4.79 Å². The molecule has 4 rings (SSSR count). The standard InChI is InChI=1S/C22H23N5O2S/c1-14-11-15-5-10-18(29-4)12-19(15)27-21(14)24-25-22(27)30-13-20(28)23-16-6-8-17(9-7-16)26(2)3/h5-12H,13H2,1-4H3,(H,23,28). The number of benzene rings is 2. The van der Waals surface area contributed by atoms with Crippen molar-refractivity contribution in [3.05, 3.63) is 54.1 Å². The van der Waals surface area contributed by atoms with Gasteiger partial charge in [-0.2, -0.15) is 0 Å². The molecule has 30 heavy (non-hydrogen) atoms. The third-order valence-corrected chi connectivity index (χ3v) is 5.77. The first-order valence-electron chi connectivity index (χ1n) is 9.49. The number of carbonyl (C=O) groups excluding carboxylic acids is 1. The maximum atomic E-state index is 12.5. The molecular weight excluding hydrogens is 398 g/mol. The van der Waals surface area contributed by atoms with Crippen LogP contribution in [0.4, 0.5) is 11.4 Å². The predicted octanol–water partition coefficient (Wildman–Crippen LogP) is 4.00. The number of amides is 1. The molecule has 0 atom stereocenters. The number of nitrogens with one attached hydrogen (secondary N) is 1. The minimum atomic E-state index is -0.0936. The highest BCUT2D eigenvalue weighted by Gasteiger charge is 2.14. The second kappa shape index (κ2) is 8.23. The van der Waals surface area contributed by atoms with Crippen molar-refractivity contribution in [3.8, 4) is 5.75 Å². The molecule has 1 amide bonds. The Morgan fingerprint density at radius 2 is 1.90 bits per heavy atom. The molecule has 0 saturated heterocycles. The average Bonchev–Trinajstić information content (AvgIpc) is 3.17. The summed E-state index contributed by atoms with van der Waals surface area (Å²) < 4.78 is 7.36. The molecule has 2 heterocycles. The molecule has 1 N–H and O–H groups in total. The number of ether oxygens (including phenoxy) is 1. The van der Waals surface area contributed by atoms with Gasteiger partial charge in [0.1, 0.15) is 5.75 Å². The number of methoxy groups -OCH3 is 1. The Balaban J connectivity index is 1.55. The molecule has 2 aromatic heterocycles. The first-order valence-corrected chi connectivity index (χ1v) is 10.5. The zero-order valence-corrected chi connectivity index (χ0v) is 18.2. The van der Waals surface area contributed by atoms with Gasteiger partial charge in [-0.05, 0) is 60.3 Å². The van der Waals surface area contributed by atoms with Gasteiger partial charge in [0.05, 0.1) is 18.4 Å². The third kappa shape index (κ3) is 3.91. The van der Waals surface area contributed by atoms with Crippen LogP contribution in [0, 0.1) is 6.92 Å². The molecule has 7 nitrogen and oxygen atoms in total. The molecule has 2 aromatic carbocycles. The van der Waals surface area contributed by atoms with E-state index in [0.717, 1.165) is 39.2 Å². The lowest BCUT2D eigenvalue weighted by Crippen LogP contribution is -2.14. The molecule has 0 unspecified atom stereocenters. The van der Waals surface area contributed by atoms with Gasteiger partial charge < -0.3 is 15.0 Å². The number of aromatic nitrogens is 3. The summed E-state index contributed by atoms with van der Waals surface area (Å²) in [5.41, 5.74) is 4.59. The van der Waals surface area contributed by atoms with Crippen LogP contribution in [0.1, 0.15) is 5.56 Å². The SMILES string of the molecule is COc1ccc2cc(C)c3nnc(SCC(=O)Nc4ccc(N(C)C)cc4)n3c2c1. The van der Waals surface area contributed by atoms with Crippen LogP contribution in [0.15, 0.2) is 53.7 Å². The normalized spacial score (nSPS) is 11.1. The minimum Gasteiger partial charge on any atom is -0.497 e. The highest BCUT2D eigenvalue weighted by Crippen LogP contribution is 2.28. The number of hydrogen-bond donors (Lipinski definition) is 1. The van der Waals surface area contributed by atoms with Gasteiger partial charge in [0, 0.05) is 31.5 Å². The van der Waals surface area contributed by atoms with Crippen LogP contribution < -0.4 is 15.0 Å². The van der Waals surface area contributed by atoms with Crippen molar-refractivity contribution in [1.29, 1.82) is 0 Å².